The molecule has 28 heavy (non-hydrogen) atoms. The molecule has 0 N–H and O–H groups in total. The third kappa shape index (κ3) is 5.88. The van der Waals surface area contributed by atoms with Crippen molar-refractivity contribution in [3.63, 3.8) is 0 Å². The van der Waals surface area contributed by atoms with E-state index < -0.39 is 43.9 Å². The van der Waals surface area contributed by atoms with Crippen LogP contribution in [0.4, 0.5) is 18.9 Å². The molecule has 0 heterocycles. The van der Waals surface area contributed by atoms with Crippen molar-refractivity contribution in [1.29, 1.82) is 0 Å². The number of alkyl halides is 6. The number of nitro benzene ring substituents is 1. The fourth-order valence-electron chi connectivity index (χ4n) is 2.13. The van der Waals surface area contributed by atoms with Gasteiger partial charge in [0.25, 0.3) is 5.69 Å². The van der Waals surface area contributed by atoms with E-state index in [-0.39, 0.29) is 16.5 Å². The van der Waals surface area contributed by atoms with E-state index in [1.165, 1.54) is 0 Å². The lowest BCUT2D eigenvalue weighted by atomic mass is 10.1. The highest BCUT2D eigenvalue weighted by Gasteiger charge is 2.32. The molecular formula is C16H8Cl4F3NO4. The standard InChI is InChI=1S/C16H8Cl4F3NO4/c17-11-5-8(16(21,22)23)1-4-14(11)28-9-2-3-12(24(26)27)10(6-9)13(25)7-15(18,19)20/h1-6H,7H2. The summed E-state index contributed by atoms with van der Waals surface area (Å²) in [4.78, 5) is 22.6. The number of carbonyl (C=O) groups is 1. The number of hydrogen-bond donors (Lipinski definition) is 0. The minimum Gasteiger partial charge on any atom is -0.456 e. The second-order valence-corrected chi connectivity index (χ2v) is 8.32. The molecular weight excluding hydrogens is 469 g/mol. The zero-order valence-electron chi connectivity index (χ0n) is 13.4. The number of ether oxygens (including phenoxy) is 1. The summed E-state index contributed by atoms with van der Waals surface area (Å²) in [5.41, 5.74) is -1.92. The van der Waals surface area contributed by atoms with Crippen LogP contribution >= 0.6 is 46.4 Å². The van der Waals surface area contributed by atoms with Crippen molar-refractivity contribution < 1.29 is 27.6 Å². The maximum absolute atomic E-state index is 12.7. The molecule has 2 rings (SSSR count). The fraction of sp³-hybridized carbons (Fsp3) is 0.188. The van der Waals surface area contributed by atoms with Gasteiger partial charge in [0.05, 0.1) is 27.5 Å². The first-order chi connectivity index (χ1) is 12.8. The van der Waals surface area contributed by atoms with E-state index in [0.29, 0.717) is 6.07 Å². The van der Waals surface area contributed by atoms with Crippen molar-refractivity contribution in [3.8, 4) is 11.5 Å². The van der Waals surface area contributed by atoms with Crippen LogP contribution in [0, 0.1) is 10.1 Å². The van der Waals surface area contributed by atoms with E-state index in [4.69, 9.17) is 51.1 Å². The first kappa shape index (κ1) is 22.5. The van der Waals surface area contributed by atoms with Gasteiger partial charge in [-0.25, -0.2) is 0 Å². The maximum Gasteiger partial charge on any atom is 0.416 e. The summed E-state index contributed by atoms with van der Waals surface area (Å²) in [6.45, 7) is 0. The summed E-state index contributed by atoms with van der Waals surface area (Å²) in [6, 6.07) is 5.55. The van der Waals surface area contributed by atoms with E-state index in [0.717, 1.165) is 30.3 Å². The Morgan fingerprint density at radius 3 is 2.25 bits per heavy atom. The lowest BCUT2D eigenvalue weighted by Crippen LogP contribution is -2.13. The van der Waals surface area contributed by atoms with Gasteiger partial charge < -0.3 is 4.74 Å². The van der Waals surface area contributed by atoms with Gasteiger partial charge in [-0.1, -0.05) is 46.4 Å². The number of carbonyl (C=O) groups excluding carboxylic acids is 1. The van der Waals surface area contributed by atoms with E-state index in [1.807, 2.05) is 0 Å². The van der Waals surface area contributed by atoms with Crippen LogP contribution in [0.5, 0.6) is 11.5 Å². The summed E-state index contributed by atoms with van der Waals surface area (Å²) in [7, 11) is 0. The predicted molar refractivity (Wildman–Crippen MR) is 98.9 cm³/mol. The van der Waals surface area contributed by atoms with E-state index >= 15 is 0 Å². The van der Waals surface area contributed by atoms with Gasteiger partial charge in [-0.15, -0.1) is 0 Å². The second kappa shape index (κ2) is 8.32. The molecule has 0 aromatic heterocycles. The third-order valence-electron chi connectivity index (χ3n) is 3.31. The summed E-state index contributed by atoms with van der Waals surface area (Å²) in [5, 5.41) is 10.8. The molecule has 0 atom stereocenters. The van der Waals surface area contributed by atoms with Crippen molar-refractivity contribution in [2.45, 2.75) is 16.4 Å². The molecule has 0 amide bonds. The Hall–Kier alpha value is -1.74. The largest absolute Gasteiger partial charge is 0.456 e. The van der Waals surface area contributed by atoms with Crippen LogP contribution in [-0.4, -0.2) is 14.5 Å². The molecule has 150 valence electrons. The van der Waals surface area contributed by atoms with Gasteiger partial charge in [-0.05, 0) is 30.3 Å². The van der Waals surface area contributed by atoms with Gasteiger partial charge in [0.15, 0.2) is 9.58 Å². The van der Waals surface area contributed by atoms with Crippen LogP contribution in [0.2, 0.25) is 5.02 Å². The topological polar surface area (TPSA) is 69.4 Å². The van der Waals surface area contributed by atoms with Crippen molar-refractivity contribution in [3.05, 3.63) is 62.7 Å². The summed E-state index contributed by atoms with van der Waals surface area (Å²) < 4.78 is 41.5. The van der Waals surface area contributed by atoms with Crippen LogP contribution in [0.1, 0.15) is 22.3 Å². The maximum atomic E-state index is 12.7. The Kier molecular flexibility index (Phi) is 6.70. The van der Waals surface area contributed by atoms with E-state index in [1.54, 1.807) is 0 Å². The van der Waals surface area contributed by atoms with Gasteiger partial charge in [-0.3, -0.25) is 14.9 Å². The fourth-order valence-corrected chi connectivity index (χ4v) is 2.71. The normalized spacial score (nSPS) is 12.0. The van der Waals surface area contributed by atoms with Gasteiger partial charge in [0, 0.05) is 6.07 Å². The van der Waals surface area contributed by atoms with Crippen molar-refractivity contribution >= 4 is 57.9 Å². The second-order valence-electron chi connectivity index (χ2n) is 5.40. The molecule has 0 aliphatic rings. The Balaban J connectivity index is 2.38. The number of nitro groups is 1. The number of nitrogens with zero attached hydrogens (tertiary/aromatic N) is 1. The number of rotatable bonds is 5. The first-order valence-electron chi connectivity index (χ1n) is 7.21. The SMILES string of the molecule is O=C(CC(Cl)(Cl)Cl)c1cc(Oc2ccc(C(F)(F)F)cc2Cl)ccc1[N+](=O)[O-]. The number of halogens is 7. The zero-order valence-corrected chi connectivity index (χ0v) is 16.4. The molecule has 0 aliphatic heterocycles. The third-order valence-corrected chi connectivity index (χ3v) is 4.01. The smallest absolute Gasteiger partial charge is 0.416 e. The van der Waals surface area contributed by atoms with Crippen LogP contribution < -0.4 is 4.74 Å². The minimum atomic E-state index is -4.59. The molecule has 0 radical (unpaired) electrons. The number of Topliss-reactive ketones (excluding diaryl/α,β-unsaturated/α-hetero) is 1. The molecule has 0 aliphatic carbocycles. The Bertz CT molecular complexity index is 929. The highest BCUT2D eigenvalue weighted by atomic mass is 35.6. The Morgan fingerprint density at radius 1 is 1.11 bits per heavy atom. The molecule has 0 bridgehead atoms. The number of hydrogen-bond acceptors (Lipinski definition) is 4. The average molecular weight is 477 g/mol. The monoisotopic (exact) mass is 475 g/mol. The highest BCUT2D eigenvalue weighted by molar-refractivity contribution is 6.68. The molecule has 0 saturated heterocycles. The van der Waals surface area contributed by atoms with Crippen molar-refractivity contribution in [1.82, 2.24) is 0 Å². The highest BCUT2D eigenvalue weighted by Crippen LogP contribution is 2.38. The molecule has 0 spiro atoms. The average Bonchev–Trinajstić information content (AvgIpc) is 2.54. The lowest BCUT2D eigenvalue weighted by molar-refractivity contribution is -0.385. The lowest BCUT2D eigenvalue weighted by Gasteiger charge is -2.13. The van der Waals surface area contributed by atoms with E-state index in [2.05, 4.69) is 0 Å². The molecule has 0 unspecified atom stereocenters. The molecule has 2 aromatic carbocycles. The van der Waals surface area contributed by atoms with Gasteiger partial charge >= 0.3 is 6.18 Å². The van der Waals surface area contributed by atoms with Crippen LogP contribution in [0.15, 0.2) is 36.4 Å². The zero-order chi connectivity index (χ0) is 21.3. The van der Waals surface area contributed by atoms with Crippen molar-refractivity contribution in [2.75, 3.05) is 0 Å². The van der Waals surface area contributed by atoms with Crippen LogP contribution in [0.3, 0.4) is 0 Å². The van der Waals surface area contributed by atoms with Crippen molar-refractivity contribution in [2.24, 2.45) is 0 Å². The molecule has 0 fully saturated rings. The Morgan fingerprint density at radius 2 is 1.75 bits per heavy atom. The van der Waals surface area contributed by atoms with Crippen LogP contribution in [0.25, 0.3) is 0 Å². The Labute approximate surface area is 176 Å². The van der Waals surface area contributed by atoms with Gasteiger partial charge in [0.1, 0.15) is 11.5 Å². The number of ketones is 1. The summed E-state index contributed by atoms with van der Waals surface area (Å²) in [6.07, 6.45) is -5.23. The van der Waals surface area contributed by atoms with Gasteiger partial charge in [-0.2, -0.15) is 13.2 Å². The number of benzene rings is 2. The molecule has 5 nitrogen and oxygen atoms in total. The predicted octanol–water partition coefficient (Wildman–Crippen LogP) is 7.00. The van der Waals surface area contributed by atoms with E-state index in [9.17, 15) is 28.1 Å². The minimum absolute atomic E-state index is 0.0834. The summed E-state index contributed by atoms with van der Waals surface area (Å²) in [5.74, 6) is -1.07. The first-order valence-corrected chi connectivity index (χ1v) is 8.72. The van der Waals surface area contributed by atoms with Gasteiger partial charge in [0.2, 0.25) is 0 Å². The quantitative estimate of drug-likeness (QED) is 0.201. The molecule has 0 saturated carbocycles. The molecule has 2 aromatic rings. The molecule has 12 heteroatoms. The summed E-state index contributed by atoms with van der Waals surface area (Å²) >= 11 is 22.5. The van der Waals surface area contributed by atoms with Crippen LogP contribution in [-0.2, 0) is 6.18 Å².